The Morgan fingerprint density at radius 2 is 1.78 bits per heavy atom. The van der Waals surface area contributed by atoms with Gasteiger partial charge >= 0.3 is 0 Å². The molecule has 2 aliphatic heterocycles. The monoisotopic (exact) mass is 494 g/mol. The molecule has 36 heavy (non-hydrogen) atoms. The van der Waals surface area contributed by atoms with Gasteiger partial charge in [0.15, 0.2) is 0 Å². The molecule has 2 heterocycles. The van der Waals surface area contributed by atoms with E-state index in [1.807, 2.05) is 54.6 Å². The van der Waals surface area contributed by atoms with Crippen LogP contribution in [0.4, 0.5) is 11.4 Å². The minimum Gasteiger partial charge on any atom is -0.508 e. The molecule has 0 radical (unpaired) electrons. The van der Waals surface area contributed by atoms with Crippen molar-refractivity contribution in [2.75, 3.05) is 16.2 Å². The summed E-state index contributed by atoms with van der Waals surface area (Å²) in [6, 6.07) is 24.9. The summed E-state index contributed by atoms with van der Waals surface area (Å²) in [5.74, 6) is 0.539. The molecule has 4 aromatic rings. The number of anilines is 2. The standard InChI is InChI=1S/C30H26N2O3S/c33-28-15-12-19-6-1-3-8-22(19)29(28)30-24-10-5-9-23(24)25-18-21(13-14-26(25)31-30)36(34,35)32-17-16-20-7-2-4-11-27(20)32/h1-9,11-15,18,23-24,30-31,33H,10,16-17H2. The van der Waals surface area contributed by atoms with Gasteiger partial charge in [-0.05, 0) is 71.0 Å². The van der Waals surface area contributed by atoms with Crippen LogP contribution in [0.25, 0.3) is 10.8 Å². The van der Waals surface area contributed by atoms with E-state index < -0.39 is 10.0 Å². The summed E-state index contributed by atoms with van der Waals surface area (Å²) in [5.41, 5.74) is 4.66. The number of hydrogen-bond acceptors (Lipinski definition) is 4. The highest BCUT2D eigenvalue weighted by atomic mass is 32.2. The maximum atomic E-state index is 13.7. The Morgan fingerprint density at radius 1 is 0.944 bits per heavy atom. The third-order valence-corrected chi connectivity index (χ3v) is 9.83. The second kappa shape index (κ2) is 7.87. The molecular weight excluding hydrogens is 468 g/mol. The van der Waals surface area contributed by atoms with Gasteiger partial charge in [0.05, 0.1) is 16.6 Å². The largest absolute Gasteiger partial charge is 0.508 e. The number of sulfonamides is 1. The Hall–Kier alpha value is -3.77. The minimum atomic E-state index is -3.67. The molecule has 4 aromatic carbocycles. The average Bonchev–Trinajstić information content (AvgIpc) is 3.56. The molecule has 5 nitrogen and oxygen atoms in total. The molecule has 2 N–H and O–H groups in total. The SMILES string of the molecule is O=S(=O)(c1ccc2c(c1)C1C=CCC1C(c1c(O)ccc3ccccc13)N2)N1CCc2ccccc21. The van der Waals surface area contributed by atoms with Gasteiger partial charge in [-0.2, -0.15) is 0 Å². The van der Waals surface area contributed by atoms with Crippen molar-refractivity contribution in [2.24, 2.45) is 5.92 Å². The van der Waals surface area contributed by atoms with Crippen molar-refractivity contribution in [3.05, 3.63) is 108 Å². The Balaban J connectivity index is 1.31. The van der Waals surface area contributed by atoms with E-state index in [4.69, 9.17) is 0 Å². The van der Waals surface area contributed by atoms with Crippen molar-refractivity contribution in [3.8, 4) is 5.75 Å². The van der Waals surface area contributed by atoms with E-state index in [-0.39, 0.29) is 23.6 Å². The molecule has 3 aliphatic rings. The zero-order valence-corrected chi connectivity index (χ0v) is 20.4. The number of allylic oxidation sites excluding steroid dienone is 2. The molecule has 0 aromatic heterocycles. The van der Waals surface area contributed by atoms with Gasteiger partial charge in [0.1, 0.15) is 5.75 Å². The Kier molecular flexibility index (Phi) is 4.70. The number of nitrogens with zero attached hydrogens (tertiary/aromatic N) is 1. The van der Waals surface area contributed by atoms with Crippen LogP contribution in [0.1, 0.15) is 35.1 Å². The third-order valence-electron chi connectivity index (χ3n) is 8.03. The highest BCUT2D eigenvalue weighted by Gasteiger charge is 2.40. The van der Waals surface area contributed by atoms with E-state index in [2.05, 4.69) is 29.6 Å². The second-order valence-corrected chi connectivity index (χ2v) is 11.8. The maximum Gasteiger partial charge on any atom is 0.264 e. The predicted octanol–water partition coefficient (Wildman–Crippen LogP) is 6.12. The summed E-state index contributed by atoms with van der Waals surface area (Å²) in [5, 5.41) is 16.7. The first kappa shape index (κ1) is 21.5. The molecule has 0 amide bonds. The molecule has 7 rings (SSSR count). The van der Waals surface area contributed by atoms with Crippen LogP contribution in [0.5, 0.6) is 5.75 Å². The number of rotatable bonds is 3. The lowest BCUT2D eigenvalue weighted by Crippen LogP contribution is -2.31. The third kappa shape index (κ3) is 3.10. The van der Waals surface area contributed by atoms with Crippen LogP contribution < -0.4 is 9.62 Å². The molecule has 3 unspecified atom stereocenters. The van der Waals surface area contributed by atoms with Crippen molar-refractivity contribution < 1.29 is 13.5 Å². The quantitative estimate of drug-likeness (QED) is 0.337. The summed E-state index contributed by atoms with van der Waals surface area (Å²) in [6.07, 6.45) is 5.96. The molecule has 0 saturated heterocycles. The summed E-state index contributed by atoms with van der Waals surface area (Å²) >= 11 is 0. The summed E-state index contributed by atoms with van der Waals surface area (Å²) in [7, 11) is -3.67. The molecule has 6 heteroatoms. The highest BCUT2D eigenvalue weighted by molar-refractivity contribution is 7.92. The maximum absolute atomic E-state index is 13.7. The number of benzene rings is 4. The van der Waals surface area contributed by atoms with Crippen LogP contribution in [-0.4, -0.2) is 20.1 Å². The molecule has 0 bridgehead atoms. The first-order chi connectivity index (χ1) is 17.5. The summed E-state index contributed by atoms with van der Waals surface area (Å²) in [4.78, 5) is 0.324. The fourth-order valence-electron chi connectivity index (χ4n) is 6.31. The van der Waals surface area contributed by atoms with Crippen LogP contribution in [0.15, 0.2) is 95.9 Å². The molecule has 0 spiro atoms. The van der Waals surface area contributed by atoms with Crippen molar-refractivity contribution in [1.82, 2.24) is 0 Å². The van der Waals surface area contributed by atoms with Crippen LogP contribution in [-0.2, 0) is 16.4 Å². The van der Waals surface area contributed by atoms with Gasteiger partial charge in [-0.25, -0.2) is 8.42 Å². The lowest BCUT2D eigenvalue weighted by Gasteiger charge is -2.38. The van der Waals surface area contributed by atoms with Crippen LogP contribution in [0.2, 0.25) is 0 Å². The first-order valence-corrected chi connectivity index (χ1v) is 13.8. The van der Waals surface area contributed by atoms with Gasteiger partial charge in [0.2, 0.25) is 0 Å². The van der Waals surface area contributed by atoms with Crippen molar-refractivity contribution in [2.45, 2.75) is 29.7 Å². The number of aromatic hydroxyl groups is 1. The zero-order chi connectivity index (χ0) is 24.4. The van der Waals surface area contributed by atoms with E-state index in [0.29, 0.717) is 11.4 Å². The number of hydrogen-bond donors (Lipinski definition) is 2. The van der Waals surface area contributed by atoms with E-state index >= 15 is 0 Å². The van der Waals surface area contributed by atoms with Crippen molar-refractivity contribution in [1.29, 1.82) is 0 Å². The fraction of sp³-hybridized carbons (Fsp3) is 0.200. The van der Waals surface area contributed by atoms with Gasteiger partial charge in [0, 0.05) is 23.7 Å². The zero-order valence-electron chi connectivity index (χ0n) is 19.6. The van der Waals surface area contributed by atoms with E-state index in [1.54, 1.807) is 16.4 Å². The smallest absolute Gasteiger partial charge is 0.264 e. The molecule has 0 saturated carbocycles. The topological polar surface area (TPSA) is 69.6 Å². The van der Waals surface area contributed by atoms with E-state index in [1.165, 1.54) is 0 Å². The highest BCUT2D eigenvalue weighted by Crippen LogP contribution is 2.52. The summed E-state index contributed by atoms with van der Waals surface area (Å²) < 4.78 is 29.0. The summed E-state index contributed by atoms with van der Waals surface area (Å²) in [6.45, 7) is 0.464. The Morgan fingerprint density at radius 3 is 2.69 bits per heavy atom. The number of nitrogens with one attached hydrogen (secondary N) is 1. The van der Waals surface area contributed by atoms with Gasteiger partial charge in [-0.3, -0.25) is 4.31 Å². The van der Waals surface area contributed by atoms with Gasteiger partial charge in [0.25, 0.3) is 10.0 Å². The normalized spacial score (nSPS) is 22.2. The van der Waals surface area contributed by atoms with Gasteiger partial charge in [-0.1, -0.05) is 60.7 Å². The van der Waals surface area contributed by atoms with Gasteiger partial charge in [-0.15, -0.1) is 0 Å². The van der Waals surface area contributed by atoms with E-state index in [0.717, 1.165) is 51.7 Å². The fourth-order valence-corrected chi connectivity index (χ4v) is 7.85. The minimum absolute atomic E-state index is 0.0747. The van der Waals surface area contributed by atoms with Crippen LogP contribution in [0, 0.1) is 5.92 Å². The molecular formula is C30H26N2O3S. The molecule has 0 fully saturated rings. The average molecular weight is 495 g/mol. The van der Waals surface area contributed by atoms with Crippen molar-refractivity contribution in [3.63, 3.8) is 0 Å². The van der Waals surface area contributed by atoms with E-state index in [9.17, 15) is 13.5 Å². The number of phenolic OH excluding ortho intramolecular Hbond substituents is 1. The second-order valence-electron chi connectivity index (χ2n) is 9.90. The lowest BCUT2D eigenvalue weighted by atomic mass is 9.76. The lowest BCUT2D eigenvalue weighted by molar-refractivity contribution is 0.404. The first-order valence-electron chi connectivity index (χ1n) is 12.4. The molecule has 3 atom stereocenters. The Labute approximate surface area is 210 Å². The number of phenols is 1. The van der Waals surface area contributed by atoms with Crippen LogP contribution >= 0.6 is 0 Å². The predicted molar refractivity (Wildman–Crippen MR) is 143 cm³/mol. The number of para-hydroxylation sites is 1. The number of fused-ring (bicyclic) bond motifs is 5. The molecule has 1 aliphatic carbocycles. The van der Waals surface area contributed by atoms with Gasteiger partial charge < -0.3 is 10.4 Å². The van der Waals surface area contributed by atoms with Crippen LogP contribution in [0.3, 0.4) is 0 Å². The molecule has 180 valence electrons. The Bertz CT molecular complexity index is 1660. The van der Waals surface area contributed by atoms with Crippen molar-refractivity contribution >= 4 is 32.2 Å².